The lowest BCUT2D eigenvalue weighted by Crippen LogP contribution is -2.29. The van der Waals surface area contributed by atoms with E-state index in [9.17, 15) is 18.8 Å². The molecule has 0 saturated heterocycles. The van der Waals surface area contributed by atoms with Gasteiger partial charge in [-0.2, -0.15) is 0 Å². The molecular formula is C11H16FNO5. The summed E-state index contributed by atoms with van der Waals surface area (Å²) in [5, 5.41) is 2.09. The number of rotatable bonds is 6. The predicted molar refractivity (Wildman–Crippen MR) is 60.1 cm³/mol. The van der Waals surface area contributed by atoms with Crippen molar-refractivity contribution in [2.45, 2.75) is 26.9 Å². The molecule has 0 rings (SSSR count). The lowest BCUT2D eigenvalue weighted by atomic mass is 10.3. The summed E-state index contributed by atoms with van der Waals surface area (Å²) in [5.74, 6) is -2.63. The van der Waals surface area contributed by atoms with Crippen molar-refractivity contribution in [3.8, 4) is 0 Å². The molecule has 1 unspecified atom stereocenters. The number of ether oxygens (including phenoxy) is 2. The van der Waals surface area contributed by atoms with E-state index in [1.807, 2.05) is 0 Å². The second-order valence-corrected chi connectivity index (χ2v) is 3.14. The van der Waals surface area contributed by atoms with E-state index in [-0.39, 0.29) is 13.2 Å². The Morgan fingerprint density at radius 3 is 2.22 bits per heavy atom. The van der Waals surface area contributed by atoms with Crippen molar-refractivity contribution < 1.29 is 28.2 Å². The fourth-order valence-electron chi connectivity index (χ4n) is 0.995. The standard InChI is InChI=1S/C11H16FNO5/c1-4-17-10(15)8(12)6-9(13-7(3)14)11(16)18-5-2/h6,8H,4-5H2,1-3H3,(H,13,14)/b9-6-. The van der Waals surface area contributed by atoms with Crippen LogP contribution in [0.25, 0.3) is 0 Å². The van der Waals surface area contributed by atoms with Gasteiger partial charge in [-0.1, -0.05) is 0 Å². The Bertz CT molecular complexity index is 353. The summed E-state index contributed by atoms with van der Waals surface area (Å²) in [4.78, 5) is 33.3. The Kier molecular flexibility index (Phi) is 7.34. The fourth-order valence-corrected chi connectivity index (χ4v) is 0.995. The first-order chi connectivity index (χ1) is 8.42. The lowest BCUT2D eigenvalue weighted by molar-refractivity contribution is -0.147. The zero-order valence-corrected chi connectivity index (χ0v) is 10.5. The van der Waals surface area contributed by atoms with Crippen LogP contribution < -0.4 is 5.32 Å². The molecule has 0 aromatic rings. The van der Waals surface area contributed by atoms with E-state index >= 15 is 0 Å². The maximum Gasteiger partial charge on any atom is 0.354 e. The first-order valence-electron chi connectivity index (χ1n) is 5.39. The average Bonchev–Trinajstić information content (AvgIpc) is 2.28. The Hall–Kier alpha value is -1.92. The highest BCUT2D eigenvalue weighted by molar-refractivity contribution is 5.94. The van der Waals surface area contributed by atoms with E-state index < -0.39 is 29.7 Å². The molecule has 0 aliphatic carbocycles. The van der Waals surface area contributed by atoms with Crippen LogP contribution in [0.4, 0.5) is 4.39 Å². The van der Waals surface area contributed by atoms with Gasteiger partial charge in [0.25, 0.3) is 0 Å². The number of carbonyl (C=O) groups excluding carboxylic acids is 3. The molecule has 102 valence electrons. The summed E-state index contributed by atoms with van der Waals surface area (Å²) in [6, 6.07) is 0. The van der Waals surface area contributed by atoms with Crippen LogP contribution in [-0.4, -0.2) is 37.2 Å². The smallest absolute Gasteiger partial charge is 0.354 e. The minimum Gasteiger partial charge on any atom is -0.464 e. The molecule has 0 radical (unpaired) electrons. The van der Waals surface area contributed by atoms with Gasteiger partial charge >= 0.3 is 11.9 Å². The quantitative estimate of drug-likeness (QED) is 0.555. The van der Waals surface area contributed by atoms with E-state index in [0.717, 1.165) is 6.92 Å². The molecule has 0 aromatic carbocycles. The number of amides is 1. The summed E-state index contributed by atoms with van der Waals surface area (Å²) in [7, 11) is 0. The van der Waals surface area contributed by atoms with Crippen molar-refractivity contribution in [2.24, 2.45) is 0 Å². The van der Waals surface area contributed by atoms with Crippen LogP contribution in [0, 0.1) is 0 Å². The van der Waals surface area contributed by atoms with Crippen LogP contribution in [0.3, 0.4) is 0 Å². The second-order valence-electron chi connectivity index (χ2n) is 3.14. The third-order valence-corrected chi connectivity index (χ3v) is 1.63. The number of alkyl halides is 1. The van der Waals surface area contributed by atoms with Crippen LogP contribution in [0.2, 0.25) is 0 Å². The number of esters is 2. The highest BCUT2D eigenvalue weighted by Gasteiger charge is 2.21. The Balaban J connectivity index is 4.87. The number of nitrogens with one attached hydrogen (secondary N) is 1. The highest BCUT2D eigenvalue weighted by Crippen LogP contribution is 2.03. The molecule has 0 aliphatic rings. The number of halogens is 1. The van der Waals surface area contributed by atoms with Crippen LogP contribution in [0.15, 0.2) is 11.8 Å². The van der Waals surface area contributed by atoms with E-state index in [4.69, 9.17) is 0 Å². The Labute approximate surface area is 104 Å². The van der Waals surface area contributed by atoms with Gasteiger partial charge in [-0.15, -0.1) is 0 Å². The molecule has 0 spiro atoms. The van der Waals surface area contributed by atoms with Crippen molar-refractivity contribution in [3.63, 3.8) is 0 Å². The third-order valence-electron chi connectivity index (χ3n) is 1.63. The van der Waals surface area contributed by atoms with Crippen LogP contribution in [0.5, 0.6) is 0 Å². The van der Waals surface area contributed by atoms with Crippen molar-refractivity contribution in [3.05, 3.63) is 11.8 Å². The van der Waals surface area contributed by atoms with Gasteiger partial charge in [0.05, 0.1) is 13.2 Å². The third kappa shape index (κ3) is 5.97. The molecule has 1 amide bonds. The van der Waals surface area contributed by atoms with Crippen molar-refractivity contribution in [1.82, 2.24) is 5.32 Å². The Morgan fingerprint density at radius 1 is 1.22 bits per heavy atom. The molecule has 6 nitrogen and oxygen atoms in total. The van der Waals surface area contributed by atoms with Crippen molar-refractivity contribution >= 4 is 17.8 Å². The fraction of sp³-hybridized carbons (Fsp3) is 0.545. The van der Waals surface area contributed by atoms with Crippen LogP contribution in [0.1, 0.15) is 20.8 Å². The molecule has 1 N–H and O–H groups in total. The minimum atomic E-state index is -2.14. The van der Waals surface area contributed by atoms with Gasteiger partial charge in [-0.25, -0.2) is 14.0 Å². The van der Waals surface area contributed by atoms with Gasteiger partial charge in [0.1, 0.15) is 5.70 Å². The van der Waals surface area contributed by atoms with Gasteiger partial charge < -0.3 is 14.8 Å². The molecule has 0 heterocycles. The molecule has 0 fully saturated rings. The zero-order chi connectivity index (χ0) is 14.1. The van der Waals surface area contributed by atoms with Crippen LogP contribution in [-0.2, 0) is 23.9 Å². The van der Waals surface area contributed by atoms with Gasteiger partial charge in [0.15, 0.2) is 0 Å². The summed E-state index contributed by atoms with van der Waals surface area (Å²) in [6.07, 6.45) is -1.49. The molecule has 18 heavy (non-hydrogen) atoms. The first-order valence-corrected chi connectivity index (χ1v) is 5.39. The van der Waals surface area contributed by atoms with E-state index in [1.54, 1.807) is 6.92 Å². The molecule has 0 aliphatic heterocycles. The van der Waals surface area contributed by atoms with E-state index in [2.05, 4.69) is 14.8 Å². The van der Waals surface area contributed by atoms with Crippen molar-refractivity contribution in [2.75, 3.05) is 13.2 Å². The molecular weight excluding hydrogens is 245 g/mol. The summed E-state index contributed by atoms with van der Waals surface area (Å²) in [6.45, 7) is 4.30. The van der Waals surface area contributed by atoms with Gasteiger partial charge in [0, 0.05) is 6.92 Å². The molecule has 0 bridgehead atoms. The van der Waals surface area contributed by atoms with Gasteiger partial charge in [0.2, 0.25) is 12.1 Å². The SMILES string of the molecule is CCOC(=O)/C(=C/C(F)C(=O)OCC)NC(C)=O. The monoisotopic (exact) mass is 261 g/mol. The van der Waals surface area contributed by atoms with E-state index in [0.29, 0.717) is 6.08 Å². The maximum absolute atomic E-state index is 13.4. The van der Waals surface area contributed by atoms with Gasteiger partial charge in [-0.05, 0) is 19.9 Å². The largest absolute Gasteiger partial charge is 0.464 e. The Morgan fingerprint density at radius 2 is 1.78 bits per heavy atom. The number of carbonyl (C=O) groups is 3. The topological polar surface area (TPSA) is 81.7 Å². The van der Waals surface area contributed by atoms with Gasteiger partial charge in [-0.3, -0.25) is 4.79 Å². The normalized spacial score (nSPS) is 12.6. The molecule has 0 saturated carbocycles. The van der Waals surface area contributed by atoms with E-state index in [1.165, 1.54) is 6.92 Å². The lowest BCUT2D eigenvalue weighted by Gasteiger charge is -2.09. The highest BCUT2D eigenvalue weighted by atomic mass is 19.1. The summed E-state index contributed by atoms with van der Waals surface area (Å²) < 4.78 is 22.4. The molecule has 7 heteroatoms. The summed E-state index contributed by atoms with van der Waals surface area (Å²) in [5.41, 5.74) is -0.426. The maximum atomic E-state index is 13.4. The second kappa shape index (κ2) is 8.21. The molecule has 1 atom stereocenters. The number of hydrogen-bond donors (Lipinski definition) is 1. The zero-order valence-electron chi connectivity index (χ0n) is 10.5. The summed E-state index contributed by atoms with van der Waals surface area (Å²) >= 11 is 0. The van der Waals surface area contributed by atoms with Crippen LogP contribution >= 0.6 is 0 Å². The minimum absolute atomic E-state index is 0.0158. The predicted octanol–water partition coefficient (Wildman–Crippen LogP) is 0.471. The number of hydrogen-bond acceptors (Lipinski definition) is 5. The average molecular weight is 261 g/mol. The molecule has 0 aromatic heterocycles. The first kappa shape index (κ1) is 16.1. The van der Waals surface area contributed by atoms with Crippen molar-refractivity contribution in [1.29, 1.82) is 0 Å².